The van der Waals surface area contributed by atoms with E-state index in [0.29, 0.717) is 18.4 Å². The molecular formula is C14H22F2N2O2S. The molecule has 1 aromatic rings. The smallest absolute Gasteiger partial charge is 0.246 e. The standard InChI is InChI=1S/C14H22F2N2O2S/c1-5-11(6-2)18(4)21(19,20)13-8-10(9-17-3)7-12(15)14(13)16/h7-8,11,17H,5-6,9H2,1-4H3. The van der Waals surface area contributed by atoms with Crippen LogP contribution in [0.2, 0.25) is 0 Å². The van der Waals surface area contributed by atoms with Crippen LogP contribution in [-0.2, 0) is 16.6 Å². The van der Waals surface area contributed by atoms with E-state index in [-0.39, 0.29) is 12.6 Å². The van der Waals surface area contributed by atoms with E-state index < -0.39 is 26.6 Å². The summed E-state index contributed by atoms with van der Waals surface area (Å²) in [6.07, 6.45) is 1.21. The first-order valence-corrected chi connectivity index (χ1v) is 8.34. The molecule has 0 saturated heterocycles. The summed E-state index contributed by atoms with van der Waals surface area (Å²) in [5, 5.41) is 2.79. The molecule has 4 nitrogen and oxygen atoms in total. The fourth-order valence-corrected chi connectivity index (χ4v) is 3.89. The average molecular weight is 320 g/mol. The molecule has 0 spiro atoms. The Bertz CT molecular complexity index is 587. The minimum atomic E-state index is -4.07. The molecule has 0 aliphatic heterocycles. The Hall–Kier alpha value is -1.05. The molecule has 0 aliphatic carbocycles. The Morgan fingerprint density at radius 3 is 2.29 bits per heavy atom. The van der Waals surface area contributed by atoms with Crippen LogP contribution in [-0.4, -0.2) is 32.9 Å². The molecule has 1 aromatic carbocycles. The van der Waals surface area contributed by atoms with Crippen molar-refractivity contribution in [2.24, 2.45) is 0 Å². The van der Waals surface area contributed by atoms with Crippen molar-refractivity contribution in [3.8, 4) is 0 Å². The molecule has 0 heterocycles. The van der Waals surface area contributed by atoms with Gasteiger partial charge in [0.1, 0.15) is 4.90 Å². The molecular weight excluding hydrogens is 298 g/mol. The number of benzene rings is 1. The monoisotopic (exact) mass is 320 g/mol. The number of rotatable bonds is 7. The Kier molecular flexibility index (Phi) is 6.24. The van der Waals surface area contributed by atoms with Crippen LogP contribution in [0, 0.1) is 11.6 Å². The van der Waals surface area contributed by atoms with Crippen LogP contribution in [0.25, 0.3) is 0 Å². The summed E-state index contributed by atoms with van der Waals surface area (Å²) < 4.78 is 53.7. The maximum atomic E-state index is 13.9. The molecule has 0 aliphatic rings. The lowest BCUT2D eigenvalue weighted by atomic mass is 10.2. The number of hydrogen-bond acceptors (Lipinski definition) is 3. The quantitative estimate of drug-likeness (QED) is 0.840. The van der Waals surface area contributed by atoms with E-state index in [0.717, 1.165) is 10.4 Å². The summed E-state index contributed by atoms with van der Waals surface area (Å²) in [4.78, 5) is -0.609. The molecule has 0 bridgehead atoms. The van der Waals surface area contributed by atoms with E-state index >= 15 is 0 Å². The lowest BCUT2D eigenvalue weighted by molar-refractivity contribution is 0.347. The van der Waals surface area contributed by atoms with Gasteiger partial charge in [0, 0.05) is 19.6 Å². The molecule has 120 valence electrons. The molecule has 0 amide bonds. The first kappa shape index (κ1) is 18.0. The van der Waals surface area contributed by atoms with Crippen molar-refractivity contribution in [2.45, 2.75) is 44.2 Å². The van der Waals surface area contributed by atoms with Crippen LogP contribution in [0.5, 0.6) is 0 Å². The van der Waals surface area contributed by atoms with Crippen molar-refractivity contribution in [3.63, 3.8) is 0 Å². The normalized spacial score (nSPS) is 12.4. The molecule has 0 unspecified atom stereocenters. The summed E-state index contributed by atoms with van der Waals surface area (Å²) in [7, 11) is -1.02. The maximum absolute atomic E-state index is 13.9. The van der Waals surface area contributed by atoms with Gasteiger partial charge in [0.2, 0.25) is 10.0 Å². The second-order valence-corrected chi connectivity index (χ2v) is 6.88. The lowest BCUT2D eigenvalue weighted by Gasteiger charge is -2.26. The molecule has 0 atom stereocenters. The molecule has 21 heavy (non-hydrogen) atoms. The van der Waals surface area contributed by atoms with E-state index in [1.165, 1.54) is 13.1 Å². The van der Waals surface area contributed by atoms with Crippen molar-refractivity contribution in [1.29, 1.82) is 0 Å². The van der Waals surface area contributed by atoms with Gasteiger partial charge < -0.3 is 5.32 Å². The third kappa shape index (κ3) is 3.78. The van der Waals surface area contributed by atoms with E-state index in [1.807, 2.05) is 13.8 Å². The zero-order valence-electron chi connectivity index (χ0n) is 12.8. The van der Waals surface area contributed by atoms with Crippen molar-refractivity contribution in [3.05, 3.63) is 29.3 Å². The van der Waals surface area contributed by atoms with E-state index in [2.05, 4.69) is 5.32 Å². The third-order valence-electron chi connectivity index (χ3n) is 3.55. The predicted octanol–water partition coefficient (Wildman–Crippen LogP) is 2.49. The fourth-order valence-electron chi connectivity index (χ4n) is 2.27. The van der Waals surface area contributed by atoms with Crippen molar-refractivity contribution >= 4 is 10.0 Å². The van der Waals surface area contributed by atoms with Gasteiger partial charge in [0.15, 0.2) is 11.6 Å². The highest BCUT2D eigenvalue weighted by Crippen LogP contribution is 2.25. The van der Waals surface area contributed by atoms with Gasteiger partial charge in [-0.1, -0.05) is 13.8 Å². The zero-order valence-corrected chi connectivity index (χ0v) is 13.6. The summed E-state index contributed by atoms with van der Waals surface area (Å²) >= 11 is 0. The van der Waals surface area contributed by atoms with E-state index in [1.54, 1.807) is 7.05 Å². The Morgan fingerprint density at radius 2 is 1.81 bits per heavy atom. The Labute approximate surface area is 125 Å². The SMILES string of the molecule is CCC(CC)N(C)S(=O)(=O)c1cc(CNC)cc(F)c1F. The van der Waals surface area contributed by atoms with Crippen molar-refractivity contribution < 1.29 is 17.2 Å². The Balaban J connectivity index is 3.36. The number of nitrogens with one attached hydrogen (secondary N) is 1. The van der Waals surface area contributed by atoms with Gasteiger partial charge in [-0.15, -0.1) is 0 Å². The van der Waals surface area contributed by atoms with Crippen LogP contribution >= 0.6 is 0 Å². The van der Waals surface area contributed by atoms with Gasteiger partial charge in [-0.05, 0) is 37.6 Å². The van der Waals surface area contributed by atoms with Gasteiger partial charge in [-0.25, -0.2) is 17.2 Å². The predicted molar refractivity (Wildman–Crippen MR) is 78.4 cm³/mol. The second-order valence-electron chi connectivity index (χ2n) is 4.91. The van der Waals surface area contributed by atoms with Crippen LogP contribution in [0.1, 0.15) is 32.3 Å². The number of nitrogens with zero attached hydrogens (tertiary/aromatic N) is 1. The first-order valence-electron chi connectivity index (χ1n) is 6.90. The largest absolute Gasteiger partial charge is 0.316 e. The third-order valence-corrected chi connectivity index (χ3v) is 5.46. The van der Waals surface area contributed by atoms with Gasteiger partial charge in [-0.3, -0.25) is 0 Å². The molecule has 0 radical (unpaired) electrons. The van der Waals surface area contributed by atoms with Gasteiger partial charge in [-0.2, -0.15) is 4.31 Å². The lowest BCUT2D eigenvalue weighted by Crippen LogP contribution is -2.36. The topological polar surface area (TPSA) is 49.4 Å². The van der Waals surface area contributed by atoms with Crippen LogP contribution < -0.4 is 5.32 Å². The maximum Gasteiger partial charge on any atom is 0.246 e. The highest BCUT2D eigenvalue weighted by Gasteiger charge is 2.30. The van der Waals surface area contributed by atoms with Crippen molar-refractivity contribution in [1.82, 2.24) is 9.62 Å². The van der Waals surface area contributed by atoms with E-state index in [4.69, 9.17) is 0 Å². The Morgan fingerprint density at radius 1 is 1.24 bits per heavy atom. The summed E-state index contributed by atoms with van der Waals surface area (Å²) in [5.74, 6) is -2.48. The summed E-state index contributed by atoms with van der Waals surface area (Å²) in [6, 6.07) is 1.94. The minimum absolute atomic E-state index is 0.245. The second kappa shape index (κ2) is 7.29. The van der Waals surface area contributed by atoms with E-state index in [9.17, 15) is 17.2 Å². The molecule has 1 N–H and O–H groups in total. The first-order chi connectivity index (χ1) is 9.79. The summed E-state index contributed by atoms with van der Waals surface area (Å²) in [6.45, 7) is 3.97. The molecule has 0 aromatic heterocycles. The molecule has 1 rings (SSSR count). The number of sulfonamides is 1. The molecule has 0 fully saturated rings. The van der Waals surface area contributed by atoms with Gasteiger partial charge in [0.05, 0.1) is 0 Å². The zero-order chi connectivity index (χ0) is 16.2. The van der Waals surface area contributed by atoms with Crippen LogP contribution in [0.15, 0.2) is 17.0 Å². The number of halogens is 2. The molecule has 7 heteroatoms. The number of hydrogen-bond donors (Lipinski definition) is 1. The minimum Gasteiger partial charge on any atom is -0.316 e. The molecule has 0 saturated carbocycles. The highest BCUT2D eigenvalue weighted by atomic mass is 32.2. The summed E-state index contributed by atoms with van der Waals surface area (Å²) in [5.41, 5.74) is 0.382. The van der Waals surface area contributed by atoms with Crippen LogP contribution in [0.3, 0.4) is 0 Å². The van der Waals surface area contributed by atoms with Crippen molar-refractivity contribution in [2.75, 3.05) is 14.1 Å². The highest BCUT2D eigenvalue weighted by molar-refractivity contribution is 7.89. The fraction of sp³-hybridized carbons (Fsp3) is 0.571. The van der Waals surface area contributed by atoms with Gasteiger partial charge >= 0.3 is 0 Å². The average Bonchev–Trinajstić information content (AvgIpc) is 2.43. The van der Waals surface area contributed by atoms with Crippen LogP contribution in [0.4, 0.5) is 8.78 Å². The van der Waals surface area contributed by atoms with Gasteiger partial charge in [0.25, 0.3) is 0 Å².